The molecule has 0 amide bonds. The van der Waals surface area contributed by atoms with Crippen molar-refractivity contribution in [2.75, 3.05) is 31.1 Å². The third kappa shape index (κ3) is 3.54. The number of benzene rings is 2. The number of nitrogens with zero attached hydrogens (tertiary/aromatic N) is 3. The van der Waals surface area contributed by atoms with Gasteiger partial charge in [-0.05, 0) is 29.8 Å². The Hall–Kier alpha value is -2.84. The minimum Gasteiger partial charge on any atom is -0.508 e. The van der Waals surface area contributed by atoms with Gasteiger partial charge in [0.2, 0.25) is 10.0 Å². The van der Waals surface area contributed by atoms with E-state index in [4.69, 9.17) is 0 Å². The van der Waals surface area contributed by atoms with Crippen LogP contribution in [0.15, 0.2) is 65.8 Å². The molecule has 1 aliphatic rings. The fourth-order valence-corrected chi connectivity index (χ4v) is 4.68. The zero-order valence-electron chi connectivity index (χ0n) is 14.6. The highest BCUT2D eigenvalue weighted by Crippen LogP contribution is 2.25. The van der Waals surface area contributed by atoms with Crippen molar-refractivity contribution >= 4 is 15.7 Å². The second kappa shape index (κ2) is 7.05. The number of aromatic amines is 1. The summed E-state index contributed by atoms with van der Waals surface area (Å²) in [6.45, 7) is 1.97. The summed E-state index contributed by atoms with van der Waals surface area (Å²) in [6, 6.07) is 13.9. The Bertz CT molecular complexity index is 1010. The Labute approximate surface area is 157 Å². The summed E-state index contributed by atoms with van der Waals surface area (Å²) >= 11 is 0. The van der Waals surface area contributed by atoms with Gasteiger partial charge in [-0.2, -0.15) is 9.40 Å². The fraction of sp³-hybridized carbons (Fsp3) is 0.211. The number of aromatic nitrogens is 2. The van der Waals surface area contributed by atoms with Crippen molar-refractivity contribution in [3.05, 3.63) is 60.9 Å². The van der Waals surface area contributed by atoms with Crippen molar-refractivity contribution in [2.45, 2.75) is 4.90 Å². The molecular formula is C19H20N4O3S. The largest absolute Gasteiger partial charge is 0.508 e. The number of piperazine rings is 1. The first kappa shape index (κ1) is 17.6. The van der Waals surface area contributed by atoms with Crippen LogP contribution < -0.4 is 4.90 Å². The molecule has 0 radical (unpaired) electrons. The van der Waals surface area contributed by atoms with Gasteiger partial charge in [-0.15, -0.1) is 0 Å². The van der Waals surface area contributed by atoms with E-state index >= 15 is 0 Å². The van der Waals surface area contributed by atoms with E-state index in [0.717, 1.165) is 16.8 Å². The second-order valence-corrected chi connectivity index (χ2v) is 8.36. The zero-order valence-corrected chi connectivity index (χ0v) is 15.4. The average Bonchev–Trinajstić information content (AvgIpc) is 3.23. The van der Waals surface area contributed by atoms with E-state index in [2.05, 4.69) is 15.1 Å². The van der Waals surface area contributed by atoms with E-state index in [9.17, 15) is 13.5 Å². The summed E-state index contributed by atoms with van der Waals surface area (Å²) in [7, 11) is -3.53. The Kier molecular flexibility index (Phi) is 4.59. The van der Waals surface area contributed by atoms with Gasteiger partial charge in [0.05, 0.1) is 11.1 Å². The Balaban J connectivity index is 1.47. The van der Waals surface area contributed by atoms with E-state index in [1.807, 2.05) is 6.07 Å². The number of aromatic hydroxyl groups is 1. The maximum absolute atomic E-state index is 12.9. The quantitative estimate of drug-likeness (QED) is 0.720. The predicted octanol–water partition coefficient (Wildman–Crippen LogP) is 2.29. The minimum atomic E-state index is -3.53. The Morgan fingerprint density at radius 1 is 0.963 bits per heavy atom. The number of hydrogen-bond acceptors (Lipinski definition) is 5. The lowest BCUT2D eigenvalue weighted by Gasteiger charge is -2.35. The molecule has 1 aromatic heterocycles. The molecule has 1 saturated heterocycles. The van der Waals surface area contributed by atoms with E-state index in [0.29, 0.717) is 31.1 Å². The van der Waals surface area contributed by atoms with Gasteiger partial charge in [-0.3, -0.25) is 5.10 Å². The maximum Gasteiger partial charge on any atom is 0.243 e. The lowest BCUT2D eigenvalue weighted by atomic mass is 10.1. The topological polar surface area (TPSA) is 89.5 Å². The molecule has 8 heteroatoms. The molecule has 1 aliphatic heterocycles. The van der Waals surface area contributed by atoms with Gasteiger partial charge in [-0.1, -0.05) is 18.2 Å². The summed E-state index contributed by atoms with van der Waals surface area (Å²) in [4.78, 5) is 2.37. The first-order valence-electron chi connectivity index (χ1n) is 8.67. The molecule has 0 saturated carbocycles. The highest BCUT2D eigenvalue weighted by molar-refractivity contribution is 7.89. The van der Waals surface area contributed by atoms with Gasteiger partial charge >= 0.3 is 0 Å². The molecule has 27 heavy (non-hydrogen) atoms. The lowest BCUT2D eigenvalue weighted by molar-refractivity contribution is 0.384. The lowest BCUT2D eigenvalue weighted by Crippen LogP contribution is -2.48. The second-order valence-electron chi connectivity index (χ2n) is 6.42. The summed E-state index contributed by atoms with van der Waals surface area (Å²) in [5.41, 5.74) is 2.73. The summed E-state index contributed by atoms with van der Waals surface area (Å²) in [5.74, 6) is 0.209. The van der Waals surface area contributed by atoms with Crippen LogP contribution in [0.3, 0.4) is 0 Å². The molecule has 1 fully saturated rings. The van der Waals surface area contributed by atoms with Crippen LogP contribution >= 0.6 is 0 Å². The highest BCUT2D eigenvalue weighted by Gasteiger charge is 2.28. The fourth-order valence-electron chi connectivity index (χ4n) is 3.25. The van der Waals surface area contributed by atoms with E-state index in [-0.39, 0.29) is 5.75 Å². The van der Waals surface area contributed by atoms with Gasteiger partial charge in [0, 0.05) is 49.7 Å². The standard InChI is InChI=1S/C19H20N4O3S/c24-18-3-1-2-17(12-18)22-8-10-23(11-9-22)27(25,26)19-6-4-15(5-7-19)16-13-20-21-14-16/h1-7,12-14,24H,8-11H2,(H,20,21). The SMILES string of the molecule is O=S(=O)(c1ccc(-c2cn[nH]c2)cc1)N1CCN(c2cccc(O)c2)CC1. The van der Waals surface area contributed by atoms with Gasteiger partial charge < -0.3 is 10.0 Å². The summed E-state index contributed by atoms with van der Waals surface area (Å²) in [6.07, 6.45) is 3.47. The summed E-state index contributed by atoms with van der Waals surface area (Å²) < 4.78 is 27.4. The third-order valence-electron chi connectivity index (χ3n) is 4.76. The van der Waals surface area contributed by atoms with E-state index in [1.165, 1.54) is 4.31 Å². The first-order valence-corrected chi connectivity index (χ1v) is 10.1. The Morgan fingerprint density at radius 3 is 2.33 bits per heavy atom. The molecule has 2 heterocycles. The highest BCUT2D eigenvalue weighted by atomic mass is 32.2. The molecule has 3 aromatic rings. The smallest absolute Gasteiger partial charge is 0.243 e. The van der Waals surface area contributed by atoms with Crippen molar-refractivity contribution in [1.29, 1.82) is 0 Å². The van der Waals surface area contributed by atoms with Crippen molar-refractivity contribution in [3.63, 3.8) is 0 Å². The average molecular weight is 384 g/mol. The maximum atomic E-state index is 12.9. The van der Waals surface area contributed by atoms with Gasteiger partial charge in [0.15, 0.2) is 0 Å². The number of phenols is 1. The number of H-pyrrole nitrogens is 1. The number of nitrogens with one attached hydrogen (secondary N) is 1. The van der Waals surface area contributed by atoms with Crippen LogP contribution in [0.4, 0.5) is 5.69 Å². The molecular weight excluding hydrogens is 364 g/mol. The van der Waals surface area contributed by atoms with Crippen molar-refractivity contribution in [1.82, 2.24) is 14.5 Å². The van der Waals surface area contributed by atoms with Crippen LogP contribution in [-0.4, -0.2) is 54.2 Å². The Morgan fingerprint density at radius 2 is 1.70 bits per heavy atom. The monoisotopic (exact) mass is 384 g/mol. The van der Waals surface area contributed by atoms with Crippen LogP contribution in [0.2, 0.25) is 0 Å². The molecule has 0 unspecified atom stereocenters. The molecule has 0 bridgehead atoms. The molecule has 7 nitrogen and oxygen atoms in total. The van der Waals surface area contributed by atoms with E-state index in [1.54, 1.807) is 54.9 Å². The van der Waals surface area contributed by atoms with Crippen molar-refractivity contribution in [2.24, 2.45) is 0 Å². The molecule has 140 valence electrons. The third-order valence-corrected chi connectivity index (χ3v) is 6.67. The molecule has 4 rings (SSSR count). The first-order chi connectivity index (χ1) is 13.0. The van der Waals surface area contributed by atoms with Crippen molar-refractivity contribution < 1.29 is 13.5 Å². The minimum absolute atomic E-state index is 0.209. The van der Waals surface area contributed by atoms with Gasteiger partial charge in [0.25, 0.3) is 0 Å². The number of sulfonamides is 1. The molecule has 0 aliphatic carbocycles. The van der Waals surface area contributed by atoms with Crippen LogP contribution in [-0.2, 0) is 10.0 Å². The van der Waals surface area contributed by atoms with Crippen LogP contribution in [0, 0.1) is 0 Å². The molecule has 2 aromatic carbocycles. The van der Waals surface area contributed by atoms with Crippen LogP contribution in [0.1, 0.15) is 0 Å². The molecule has 0 spiro atoms. The number of rotatable bonds is 4. The van der Waals surface area contributed by atoms with E-state index < -0.39 is 10.0 Å². The van der Waals surface area contributed by atoms with Crippen LogP contribution in [0.25, 0.3) is 11.1 Å². The molecule has 2 N–H and O–H groups in total. The zero-order chi connectivity index (χ0) is 18.9. The number of anilines is 1. The predicted molar refractivity (Wildman–Crippen MR) is 103 cm³/mol. The van der Waals surface area contributed by atoms with Crippen LogP contribution in [0.5, 0.6) is 5.75 Å². The number of hydrogen-bond donors (Lipinski definition) is 2. The van der Waals surface area contributed by atoms with Crippen molar-refractivity contribution in [3.8, 4) is 16.9 Å². The van der Waals surface area contributed by atoms with Gasteiger partial charge in [-0.25, -0.2) is 8.42 Å². The number of phenolic OH excluding ortho intramolecular Hbond substituents is 1. The van der Waals surface area contributed by atoms with Gasteiger partial charge in [0.1, 0.15) is 5.75 Å². The molecule has 0 atom stereocenters. The summed E-state index contributed by atoms with van der Waals surface area (Å²) in [5, 5.41) is 16.3. The normalized spacial score (nSPS) is 15.8.